The molecule has 5 heteroatoms. The molecule has 22 heavy (non-hydrogen) atoms. The lowest BCUT2D eigenvalue weighted by molar-refractivity contribution is 0.0525. The van der Waals surface area contributed by atoms with Crippen molar-refractivity contribution in [2.24, 2.45) is 0 Å². The van der Waals surface area contributed by atoms with Gasteiger partial charge in [-0.3, -0.25) is 4.79 Å². The summed E-state index contributed by atoms with van der Waals surface area (Å²) < 4.78 is 5.05. The summed E-state index contributed by atoms with van der Waals surface area (Å²) in [5.74, 6) is -0.615. The highest BCUT2D eigenvalue weighted by Crippen LogP contribution is 2.22. The minimum Gasteiger partial charge on any atom is -0.462 e. The second-order valence-electron chi connectivity index (χ2n) is 5.06. The van der Waals surface area contributed by atoms with Crippen LogP contribution in [0.4, 0.5) is 0 Å². The predicted molar refractivity (Wildman–Crippen MR) is 85.0 cm³/mol. The summed E-state index contributed by atoms with van der Waals surface area (Å²) in [6.07, 6.45) is 1.74. The van der Waals surface area contributed by atoms with E-state index in [9.17, 15) is 9.59 Å². The number of aromatic nitrogens is 2. The van der Waals surface area contributed by atoms with Gasteiger partial charge in [-0.25, -0.2) is 4.79 Å². The van der Waals surface area contributed by atoms with Crippen molar-refractivity contribution in [1.29, 1.82) is 0 Å². The second-order valence-corrected chi connectivity index (χ2v) is 5.06. The number of hydrogen-bond donors (Lipinski definition) is 2. The Balaban J connectivity index is 2.37. The number of ether oxygens (including phenoxy) is 1. The Morgan fingerprint density at radius 2 is 2.09 bits per heavy atom. The van der Waals surface area contributed by atoms with Crippen molar-refractivity contribution in [3.63, 3.8) is 0 Å². The number of esters is 1. The molecule has 0 aliphatic rings. The summed E-state index contributed by atoms with van der Waals surface area (Å²) in [6.45, 7) is 3.88. The van der Waals surface area contributed by atoms with Crippen LogP contribution in [0.15, 0.2) is 41.3 Å². The van der Waals surface area contributed by atoms with Crippen molar-refractivity contribution >= 4 is 16.9 Å². The zero-order valence-electron chi connectivity index (χ0n) is 12.4. The molecule has 0 radical (unpaired) electrons. The van der Waals surface area contributed by atoms with E-state index in [-0.39, 0.29) is 17.6 Å². The SMILES string of the molecule is CCOC(=O)c1c(-c2ccc[nH]2)[nH]c2cc(C)ccc2c1=O. The molecule has 2 heterocycles. The number of pyridine rings is 1. The van der Waals surface area contributed by atoms with E-state index in [1.54, 1.807) is 25.3 Å². The normalized spacial score (nSPS) is 10.8. The molecule has 0 saturated heterocycles. The fourth-order valence-corrected chi connectivity index (χ4v) is 2.49. The van der Waals surface area contributed by atoms with E-state index in [0.717, 1.165) is 5.56 Å². The van der Waals surface area contributed by atoms with Crippen LogP contribution >= 0.6 is 0 Å². The number of rotatable bonds is 3. The number of nitrogens with one attached hydrogen (secondary N) is 2. The van der Waals surface area contributed by atoms with Crippen LogP contribution in [-0.2, 0) is 4.74 Å². The van der Waals surface area contributed by atoms with Gasteiger partial charge < -0.3 is 14.7 Å². The van der Waals surface area contributed by atoms with Gasteiger partial charge in [-0.05, 0) is 43.7 Å². The summed E-state index contributed by atoms with van der Waals surface area (Å²) >= 11 is 0. The van der Waals surface area contributed by atoms with Crippen LogP contribution < -0.4 is 5.43 Å². The van der Waals surface area contributed by atoms with Gasteiger partial charge in [-0.15, -0.1) is 0 Å². The molecule has 0 amide bonds. The van der Waals surface area contributed by atoms with Gasteiger partial charge in [0.15, 0.2) is 0 Å². The Kier molecular flexibility index (Phi) is 3.55. The highest BCUT2D eigenvalue weighted by molar-refractivity contribution is 5.99. The van der Waals surface area contributed by atoms with Crippen LogP contribution in [0.5, 0.6) is 0 Å². The number of carbonyl (C=O) groups is 1. The summed E-state index contributed by atoms with van der Waals surface area (Å²) in [4.78, 5) is 31.2. The van der Waals surface area contributed by atoms with Crippen molar-refractivity contribution in [3.05, 3.63) is 57.9 Å². The Morgan fingerprint density at radius 1 is 1.27 bits per heavy atom. The third kappa shape index (κ3) is 2.30. The van der Waals surface area contributed by atoms with Crippen molar-refractivity contribution in [1.82, 2.24) is 9.97 Å². The number of aromatic amines is 2. The first kappa shape index (κ1) is 14.1. The minimum atomic E-state index is -0.615. The summed E-state index contributed by atoms with van der Waals surface area (Å²) in [7, 11) is 0. The third-order valence-electron chi connectivity index (χ3n) is 3.50. The lowest BCUT2D eigenvalue weighted by Crippen LogP contribution is -2.20. The third-order valence-corrected chi connectivity index (χ3v) is 3.50. The van der Waals surface area contributed by atoms with Crippen molar-refractivity contribution in [2.45, 2.75) is 13.8 Å². The molecule has 2 aromatic heterocycles. The Morgan fingerprint density at radius 3 is 2.77 bits per heavy atom. The van der Waals surface area contributed by atoms with E-state index in [0.29, 0.717) is 22.3 Å². The maximum atomic E-state index is 12.7. The van der Waals surface area contributed by atoms with Gasteiger partial charge >= 0.3 is 5.97 Å². The average molecular weight is 296 g/mol. The molecule has 0 fully saturated rings. The van der Waals surface area contributed by atoms with Gasteiger partial charge in [0.1, 0.15) is 5.56 Å². The van der Waals surface area contributed by atoms with E-state index in [2.05, 4.69) is 9.97 Å². The van der Waals surface area contributed by atoms with Crippen molar-refractivity contribution in [3.8, 4) is 11.4 Å². The molecule has 0 unspecified atom stereocenters. The number of H-pyrrole nitrogens is 2. The molecule has 0 aliphatic heterocycles. The first-order valence-corrected chi connectivity index (χ1v) is 7.09. The van der Waals surface area contributed by atoms with E-state index < -0.39 is 5.97 Å². The second kappa shape index (κ2) is 5.52. The lowest BCUT2D eigenvalue weighted by atomic mass is 10.0. The van der Waals surface area contributed by atoms with Crippen LogP contribution in [0.1, 0.15) is 22.8 Å². The van der Waals surface area contributed by atoms with Crippen molar-refractivity contribution in [2.75, 3.05) is 6.61 Å². The Labute approximate surface area is 126 Å². The maximum absolute atomic E-state index is 12.7. The number of carbonyl (C=O) groups excluding carboxylic acids is 1. The van der Waals surface area contributed by atoms with Gasteiger partial charge in [0, 0.05) is 11.6 Å². The summed E-state index contributed by atoms with van der Waals surface area (Å²) in [5.41, 5.74) is 2.56. The predicted octanol–water partition coefficient (Wildman–Crippen LogP) is 3.01. The van der Waals surface area contributed by atoms with Gasteiger partial charge in [0.05, 0.1) is 23.5 Å². The highest BCUT2D eigenvalue weighted by atomic mass is 16.5. The molecule has 2 N–H and O–H groups in total. The molecule has 3 aromatic rings. The molecule has 112 valence electrons. The molecule has 3 rings (SSSR count). The van der Waals surface area contributed by atoms with Crippen molar-refractivity contribution < 1.29 is 9.53 Å². The fraction of sp³-hybridized carbons (Fsp3) is 0.176. The Bertz CT molecular complexity index is 892. The summed E-state index contributed by atoms with van der Waals surface area (Å²) in [6, 6.07) is 9.07. The molecular formula is C17H16N2O3. The molecule has 0 bridgehead atoms. The summed E-state index contributed by atoms with van der Waals surface area (Å²) in [5, 5.41) is 0.476. The molecule has 0 atom stereocenters. The maximum Gasteiger partial charge on any atom is 0.344 e. The molecule has 1 aromatic carbocycles. The number of benzene rings is 1. The number of aryl methyl sites for hydroxylation is 1. The number of fused-ring (bicyclic) bond motifs is 1. The fourth-order valence-electron chi connectivity index (χ4n) is 2.49. The largest absolute Gasteiger partial charge is 0.462 e. The van der Waals surface area contributed by atoms with E-state index >= 15 is 0 Å². The lowest BCUT2D eigenvalue weighted by Gasteiger charge is -2.10. The molecular weight excluding hydrogens is 280 g/mol. The molecule has 5 nitrogen and oxygen atoms in total. The van der Waals surface area contributed by atoms with Gasteiger partial charge in [-0.2, -0.15) is 0 Å². The number of hydrogen-bond acceptors (Lipinski definition) is 3. The van der Waals surface area contributed by atoms with E-state index in [1.165, 1.54) is 0 Å². The van der Waals surface area contributed by atoms with Crippen LogP contribution in [0.2, 0.25) is 0 Å². The first-order chi connectivity index (χ1) is 10.6. The first-order valence-electron chi connectivity index (χ1n) is 7.09. The topological polar surface area (TPSA) is 75.0 Å². The van der Waals surface area contributed by atoms with Crippen LogP contribution in [0.3, 0.4) is 0 Å². The minimum absolute atomic E-state index is 0.0284. The zero-order chi connectivity index (χ0) is 15.7. The standard InChI is InChI=1S/C17H16N2O3/c1-3-22-17(21)14-15(12-5-4-8-18-12)19-13-9-10(2)6-7-11(13)16(14)20/h4-9,18H,3H2,1-2H3,(H,19,20). The van der Waals surface area contributed by atoms with E-state index in [4.69, 9.17) is 4.74 Å². The van der Waals surface area contributed by atoms with Gasteiger partial charge in [-0.1, -0.05) is 6.07 Å². The average Bonchev–Trinajstić information content (AvgIpc) is 3.00. The monoisotopic (exact) mass is 296 g/mol. The quantitative estimate of drug-likeness (QED) is 0.730. The molecule has 0 spiro atoms. The van der Waals surface area contributed by atoms with Gasteiger partial charge in [0.2, 0.25) is 5.43 Å². The van der Waals surface area contributed by atoms with Crippen LogP contribution in [0, 0.1) is 6.92 Å². The van der Waals surface area contributed by atoms with Crippen LogP contribution in [-0.4, -0.2) is 22.5 Å². The molecule has 0 aliphatic carbocycles. The van der Waals surface area contributed by atoms with E-state index in [1.807, 2.05) is 25.1 Å². The highest BCUT2D eigenvalue weighted by Gasteiger charge is 2.21. The zero-order valence-corrected chi connectivity index (χ0v) is 12.4. The smallest absolute Gasteiger partial charge is 0.344 e. The Hall–Kier alpha value is -2.82. The molecule has 0 saturated carbocycles. The van der Waals surface area contributed by atoms with Gasteiger partial charge in [0.25, 0.3) is 0 Å². The van der Waals surface area contributed by atoms with Crippen LogP contribution in [0.25, 0.3) is 22.3 Å².